The summed E-state index contributed by atoms with van der Waals surface area (Å²) in [6.07, 6.45) is 2.23. The smallest absolute Gasteiger partial charge is 0.253 e. The quantitative estimate of drug-likeness (QED) is 0.359. The summed E-state index contributed by atoms with van der Waals surface area (Å²) in [5.74, 6) is 1.58. The minimum Gasteiger partial charge on any atom is -0.467 e. The van der Waals surface area contributed by atoms with Crippen molar-refractivity contribution in [3.05, 3.63) is 95.2 Å². The average Bonchev–Trinajstić information content (AvgIpc) is 3.58. The number of benzene rings is 2. The van der Waals surface area contributed by atoms with Gasteiger partial charge in [0.15, 0.2) is 5.16 Å². The molecule has 1 atom stereocenters. The molecule has 0 saturated heterocycles. The fraction of sp³-hybridized carbons (Fsp3) is 0.231. The Labute approximate surface area is 202 Å². The van der Waals surface area contributed by atoms with Crippen molar-refractivity contribution in [3.63, 3.8) is 0 Å². The number of carbonyl (C=O) groups excluding carboxylic acids is 1. The molecule has 0 fully saturated rings. The van der Waals surface area contributed by atoms with Crippen molar-refractivity contribution in [1.82, 2.24) is 19.8 Å². The third kappa shape index (κ3) is 4.41. The van der Waals surface area contributed by atoms with Gasteiger partial charge in [0.2, 0.25) is 0 Å². The van der Waals surface area contributed by atoms with Gasteiger partial charge in [-0.05, 0) is 50.6 Å². The SMILES string of the molecule is Cc1ccc(C2=NN(C(=O)CSc3nnc(C)n3-c3ccc(C)cc3)C(c3ccco3)C2)cc1. The molecule has 0 radical (unpaired) electrons. The Hall–Kier alpha value is -3.65. The monoisotopic (exact) mass is 471 g/mol. The Morgan fingerprint density at radius 2 is 1.71 bits per heavy atom. The van der Waals surface area contributed by atoms with Crippen molar-refractivity contribution in [2.75, 3.05) is 5.75 Å². The van der Waals surface area contributed by atoms with E-state index in [-0.39, 0.29) is 17.7 Å². The minimum atomic E-state index is -0.267. The predicted octanol–water partition coefficient (Wildman–Crippen LogP) is 5.26. The molecule has 0 saturated carbocycles. The number of hydrogen-bond donors (Lipinski definition) is 0. The van der Waals surface area contributed by atoms with E-state index in [0.29, 0.717) is 11.6 Å². The lowest BCUT2D eigenvalue weighted by atomic mass is 10.0. The number of carbonyl (C=O) groups is 1. The second kappa shape index (κ2) is 9.30. The Morgan fingerprint density at radius 3 is 2.38 bits per heavy atom. The Bertz CT molecular complexity index is 1320. The van der Waals surface area contributed by atoms with E-state index in [1.165, 1.54) is 22.9 Å². The van der Waals surface area contributed by atoms with Crippen LogP contribution >= 0.6 is 11.8 Å². The maximum Gasteiger partial charge on any atom is 0.253 e. The molecule has 0 N–H and O–H groups in total. The second-order valence-electron chi connectivity index (χ2n) is 8.38. The van der Waals surface area contributed by atoms with Crippen LogP contribution in [0.1, 0.15) is 40.7 Å². The highest BCUT2D eigenvalue weighted by Gasteiger charge is 2.35. The first-order valence-electron chi connectivity index (χ1n) is 11.1. The molecule has 0 bridgehead atoms. The zero-order valence-electron chi connectivity index (χ0n) is 19.3. The van der Waals surface area contributed by atoms with Crippen LogP contribution in [0.5, 0.6) is 0 Å². The molecule has 0 spiro atoms. The summed E-state index contributed by atoms with van der Waals surface area (Å²) in [5, 5.41) is 15.5. The van der Waals surface area contributed by atoms with Gasteiger partial charge in [-0.25, -0.2) is 5.01 Å². The first kappa shape index (κ1) is 22.2. The topological polar surface area (TPSA) is 76.5 Å². The summed E-state index contributed by atoms with van der Waals surface area (Å²) < 4.78 is 7.62. The summed E-state index contributed by atoms with van der Waals surface area (Å²) in [7, 11) is 0. The lowest BCUT2D eigenvalue weighted by molar-refractivity contribution is -0.130. The van der Waals surface area contributed by atoms with Gasteiger partial charge < -0.3 is 4.42 Å². The molecule has 1 aliphatic heterocycles. The van der Waals surface area contributed by atoms with Gasteiger partial charge in [0.05, 0.1) is 17.7 Å². The van der Waals surface area contributed by atoms with E-state index in [9.17, 15) is 4.79 Å². The predicted molar refractivity (Wildman–Crippen MR) is 132 cm³/mol. The minimum absolute atomic E-state index is 0.107. The van der Waals surface area contributed by atoms with Gasteiger partial charge in [-0.3, -0.25) is 9.36 Å². The Morgan fingerprint density at radius 1 is 1.00 bits per heavy atom. The molecular weight excluding hydrogens is 446 g/mol. The summed E-state index contributed by atoms with van der Waals surface area (Å²) in [4.78, 5) is 13.4. The molecule has 5 rings (SSSR count). The molecule has 3 heterocycles. The fourth-order valence-electron chi connectivity index (χ4n) is 3.98. The maximum atomic E-state index is 13.4. The maximum absolute atomic E-state index is 13.4. The van der Waals surface area contributed by atoms with E-state index in [1.54, 1.807) is 11.3 Å². The Kier molecular flexibility index (Phi) is 6.06. The first-order valence-corrected chi connectivity index (χ1v) is 12.1. The summed E-state index contributed by atoms with van der Waals surface area (Å²) in [6.45, 7) is 6.01. The average molecular weight is 472 g/mol. The lowest BCUT2D eigenvalue weighted by Gasteiger charge is -2.19. The van der Waals surface area contributed by atoms with Crippen LogP contribution in [0.3, 0.4) is 0 Å². The normalized spacial score (nSPS) is 15.6. The van der Waals surface area contributed by atoms with Gasteiger partial charge >= 0.3 is 0 Å². The Balaban J connectivity index is 1.38. The van der Waals surface area contributed by atoms with Crippen molar-refractivity contribution in [3.8, 4) is 5.69 Å². The number of rotatable bonds is 6. The van der Waals surface area contributed by atoms with Crippen molar-refractivity contribution in [2.24, 2.45) is 5.10 Å². The van der Waals surface area contributed by atoms with Crippen LogP contribution in [-0.4, -0.2) is 37.1 Å². The molecule has 4 aromatic rings. The molecule has 8 heteroatoms. The number of aryl methyl sites for hydroxylation is 3. The molecule has 1 aliphatic rings. The van der Waals surface area contributed by atoms with Crippen LogP contribution in [0.15, 0.2) is 81.6 Å². The van der Waals surface area contributed by atoms with Crippen LogP contribution in [-0.2, 0) is 4.79 Å². The highest BCUT2D eigenvalue weighted by molar-refractivity contribution is 7.99. The second-order valence-corrected chi connectivity index (χ2v) is 9.32. The van der Waals surface area contributed by atoms with E-state index in [2.05, 4.69) is 29.3 Å². The number of furan rings is 1. The molecule has 2 aromatic heterocycles. The fourth-order valence-corrected chi connectivity index (χ4v) is 4.83. The zero-order valence-corrected chi connectivity index (χ0v) is 20.1. The highest BCUT2D eigenvalue weighted by atomic mass is 32.2. The van der Waals surface area contributed by atoms with Gasteiger partial charge in [-0.15, -0.1) is 10.2 Å². The molecule has 172 valence electrons. The van der Waals surface area contributed by atoms with E-state index in [4.69, 9.17) is 9.52 Å². The standard InChI is InChI=1S/C26H25N5O2S/c1-17-6-10-20(11-7-17)22-15-23(24-5-4-14-33-24)31(29-22)25(32)16-34-26-28-27-19(3)30(26)21-12-8-18(2)9-13-21/h4-14,23H,15-16H2,1-3H3. The molecule has 0 aliphatic carbocycles. The lowest BCUT2D eigenvalue weighted by Crippen LogP contribution is -2.28. The number of nitrogens with zero attached hydrogens (tertiary/aromatic N) is 5. The molecule has 1 amide bonds. The third-order valence-corrected chi connectivity index (χ3v) is 6.75. The van der Waals surface area contributed by atoms with E-state index in [1.807, 2.05) is 66.9 Å². The van der Waals surface area contributed by atoms with E-state index >= 15 is 0 Å². The van der Waals surface area contributed by atoms with Crippen molar-refractivity contribution >= 4 is 23.4 Å². The van der Waals surface area contributed by atoms with Crippen LogP contribution < -0.4 is 0 Å². The van der Waals surface area contributed by atoms with Crippen molar-refractivity contribution in [1.29, 1.82) is 0 Å². The van der Waals surface area contributed by atoms with Gasteiger partial charge in [-0.1, -0.05) is 59.3 Å². The first-order chi connectivity index (χ1) is 16.5. The molecule has 1 unspecified atom stereocenters. The summed E-state index contributed by atoms with van der Waals surface area (Å²) >= 11 is 1.36. The molecular formula is C26H25N5O2S. The summed E-state index contributed by atoms with van der Waals surface area (Å²) in [5.41, 5.74) is 5.22. The number of thioether (sulfide) groups is 1. The van der Waals surface area contributed by atoms with Gasteiger partial charge in [-0.2, -0.15) is 5.10 Å². The van der Waals surface area contributed by atoms with E-state index < -0.39 is 0 Å². The number of aromatic nitrogens is 3. The van der Waals surface area contributed by atoms with Gasteiger partial charge in [0.25, 0.3) is 5.91 Å². The summed E-state index contributed by atoms with van der Waals surface area (Å²) in [6, 6.07) is 19.8. The van der Waals surface area contributed by atoms with Gasteiger partial charge in [0.1, 0.15) is 17.6 Å². The van der Waals surface area contributed by atoms with Crippen LogP contribution in [0.25, 0.3) is 5.69 Å². The number of hydrogen-bond acceptors (Lipinski definition) is 6. The zero-order chi connectivity index (χ0) is 23.7. The molecule has 34 heavy (non-hydrogen) atoms. The number of hydrazone groups is 1. The van der Waals surface area contributed by atoms with Gasteiger partial charge in [0, 0.05) is 12.1 Å². The molecule has 2 aromatic carbocycles. The third-order valence-electron chi connectivity index (χ3n) is 5.83. The van der Waals surface area contributed by atoms with Crippen LogP contribution in [0.2, 0.25) is 0 Å². The van der Waals surface area contributed by atoms with E-state index in [0.717, 1.165) is 28.5 Å². The van der Waals surface area contributed by atoms with Crippen LogP contribution in [0, 0.1) is 20.8 Å². The van der Waals surface area contributed by atoms with Crippen LogP contribution in [0.4, 0.5) is 0 Å². The largest absolute Gasteiger partial charge is 0.467 e. The molecule has 7 nitrogen and oxygen atoms in total. The van der Waals surface area contributed by atoms with Crippen molar-refractivity contribution in [2.45, 2.75) is 38.4 Å². The highest BCUT2D eigenvalue weighted by Crippen LogP contribution is 2.34. The van der Waals surface area contributed by atoms with Crippen molar-refractivity contribution < 1.29 is 9.21 Å². The number of amides is 1.